The molecule has 0 bridgehead atoms. The molecule has 8 heteroatoms. The van der Waals surface area contributed by atoms with Crippen molar-refractivity contribution in [1.29, 1.82) is 0 Å². The molecule has 0 saturated heterocycles. The summed E-state index contributed by atoms with van der Waals surface area (Å²) in [5, 5.41) is 10.8. The summed E-state index contributed by atoms with van der Waals surface area (Å²) in [6, 6.07) is 16.9. The summed E-state index contributed by atoms with van der Waals surface area (Å²) >= 11 is 13.8. The smallest absolute Gasteiger partial charge is 0.303 e. The minimum atomic E-state index is -0.902. The zero-order valence-corrected chi connectivity index (χ0v) is 18.8. The highest BCUT2D eigenvalue weighted by Crippen LogP contribution is 2.37. The molecule has 0 radical (unpaired) electrons. The fourth-order valence-electron chi connectivity index (χ4n) is 3.33. The number of nitrogens with zero attached hydrogens (tertiary/aromatic N) is 1. The lowest BCUT2D eigenvalue weighted by molar-refractivity contribution is -0.136. The molecule has 0 aliphatic carbocycles. The molecule has 0 fully saturated rings. The van der Waals surface area contributed by atoms with Gasteiger partial charge in [0, 0.05) is 32.8 Å². The van der Waals surface area contributed by atoms with Crippen LogP contribution in [0.3, 0.4) is 0 Å². The number of nitrogens with one attached hydrogen (secondary N) is 1. The van der Waals surface area contributed by atoms with Gasteiger partial charge in [-0.15, -0.1) is 11.3 Å². The van der Waals surface area contributed by atoms with Gasteiger partial charge in [-0.3, -0.25) is 19.7 Å². The molecule has 0 aliphatic rings. The summed E-state index contributed by atoms with van der Waals surface area (Å²) in [5.41, 5.74) is 6.37. The van der Waals surface area contributed by atoms with E-state index in [-0.39, 0.29) is 18.7 Å². The summed E-state index contributed by atoms with van der Waals surface area (Å²) < 4.78 is 2.46. The van der Waals surface area contributed by atoms with E-state index in [0.29, 0.717) is 20.6 Å². The first-order chi connectivity index (χ1) is 14.8. The molecule has 4 aromatic rings. The molecular formula is C23H18Cl2N2O3S. The lowest BCUT2D eigenvalue weighted by atomic mass is 10.1. The Morgan fingerprint density at radius 1 is 1.06 bits per heavy atom. The molecule has 2 N–H and O–H groups in total. The zero-order chi connectivity index (χ0) is 22.1. The van der Waals surface area contributed by atoms with Gasteiger partial charge in [0.1, 0.15) is 4.88 Å². The van der Waals surface area contributed by atoms with Gasteiger partial charge in [0.25, 0.3) is 5.91 Å². The maximum atomic E-state index is 13.2. The summed E-state index contributed by atoms with van der Waals surface area (Å²) in [5.74, 6) is -1.27. The molecule has 0 aliphatic heterocycles. The van der Waals surface area contributed by atoms with Crippen molar-refractivity contribution in [2.24, 2.45) is 0 Å². The highest BCUT2D eigenvalue weighted by molar-refractivity contribution is 7.21. The van der Waals surface area contributed by atoms with Gasteiger partial charge >= 0.3 is 5.97 Å². The number of aryl methyl sites for hydroxylation is 2. The van der Waals surface area contributed by atoms with Gasteiger partial charge < -0.3 is 5.11 Å². The van der Waals surface area contributed by atoms with Crippen molar-refractivity contribution in [2.45, 2.75) is 19.8 Å². The van der Waals surface area contributed by atoms with Crippen LogP contribution in [0.2, 0.25) is 10.0 Å². The number of amides is 1. The first-order valence-corrected chi connectivity index (χ1v) is 11.1. The van der Waals surface area contributed by atoms with E-state index in [0.717, 1.165) is 26.9 Å². The Bertz CT molecular complexity index is 1290. The van der Waals surface area contributed by atoms with E-state index in [4.69, 9.17) is 28.3 Å². The molecule has 5 nitrogen and oxygen atoms in total. The first kappa shape index (κ1) is 21.4. The Balaban J connectivity index is 1.72. The Morgan fingerprint density at radius 2 is 1.81 bits per heavy atom. The number of carboxylic acid groups (broad SMARTS) is 1. The fraction of sp³-hybridized carbons (Fsp3) is 0.130. The number of aromatic nitrogens is 1. The van der Waals surface area contributed by atoms with Crippen molar-refractivity contribution < 1.29 is 14.7 Å². The van der Waals surface area contributed by atoms with Crippen LogP contribution in [0.25, 0.3) is 21.3 Å². The highest BCUT2D eigenvalue weighted by atomic mass is 35.5. The van der Waals surface area contributed by atoms with Gasteiger partial charge in [0.15, 0.2) is 0 Å². The van der Waals surface area contributed by atoms with E-state index in [1.165, 1.54) is 11.3 Å². The van der Waals surface area contributed by atoms with Gasteiger partial charge in [0.2, 0.25) is 0 Å². The molecule has 1 amide bonds. The third kappa shape index (κ3) is 4.46. The minimum Gasteiger partial charge on any atom is -0.481 e. The first-order valence-electron chi connectivity index (χ1n) is 9.52. The number of aliphatic carboxylic acids is 1. The number of hydrogen-bond acceptors (Lipinski definition) is 3. The quantitative estimate of drug-likeness (QED) is 0.341. The Labute approximate surface area is 192 Å². The molecule has 0 saturated carbocycles. The van der Waals surface area contributed by atoms with E-state index in [2.05, 4.69) is 5.43 Å². The summed E-state index contributed by atoms with van der Waals surface area (Å²) in [6.45, 7) is 2.00. The van der Waals surface area contributed by atoms with Crippen LogP contribution in [0.5, 0.6) is 0 Å². The van der Waals surface area contributed by atoms with E-state index in [9.17, 15) is 9.59 Å². The molecular weight excluding hydrogens is 455 g/mol. The SMILES string of the molecule is Cc1ccc(-c2ccc(CCC(=O)O)n2NC(=O)c2sc3cc(Cl)ccc3c2Cl)cc1. The number of benzene rings is 2. The second-order valence-electron chi connectivity index (χ2n) is 7.13. The van der Waals surface area contributed by atoms with Gasteiger partial charge in [-0.2, -0.15) is 0 Å². The van der Waals surface area contributed by atoms with Crippen molar-refractivity contribution in [3.63, 3.8) is 0 Å². The van der Waals surface area contributed by atoms with Gasteiger partial charge in [0.05, 0.1) is 17.1 Å². The fourth-order valence-corrected chi connectivity index (χ4v) is 5.01. The molecule has 4 rings (SSSR count). The average molecular weight is 473 g/mol. The third-order valence-corrected chi connectivity index (χ3v) is 6.81. The van der Waals surface area contributed by atoms with E-state index >= 15 is 0 Å². The second kappa shape index (κ2) is 8.75. The second-order valence-corrected chi connectivity index (χ2v) is 9.00. The van der Waals surface area contributed by atoms with Crippen LogP contribution in [0, 0.1) is 6.92 Å². The normalized spacial score (nSPS) is 11.1. The molecule has 0 atom stereocenters. The Morgan fingerprint density at radius 3 is 2.52 bits per heavy atom. The zero-order valence-electron chi connectivity index (χ0n) is 16.5. The van der Waals surface area contributed by atoms with Gasteiger partial charge in [-0.1, -0.05) is 59.1 Å². The third-order valence-electron chi connectivity index (χ3n) is 4.92. The molecule has 158 valence electrons. The maximum absolute atomic E-state index is 13.2. The Kier molecular flexibility index (Phi) is 6.05. The predicted octanol–water partition coefficient (Wildman–Crippen LogP) is 6.39. The molecule has 2 aromatic carbocycles. The van der Waals surface area contributed by atoms with Crippen LogP contribution in [0.15, 0.2) is 54.6 Å². The van der Waals surface area contributed by atoms with E-state index in [1.807, 2.05) is 43.3 Å². The molecule has 2 heterocycles. The molecule has 0 spiro atoms. The monoisotopic (exact) mass is 472 g/mol. The number of carboxylic acids is 1. The van der Waals surface area contributed by atoms with Crippen LogP contribution in [0.4, 0.5) is 0 Å². The van der Waals surface area contributed by atoms with Gasteiger partial charge in [-0.25, -0.2) is 0 Å². The molecule has 0 unspecified atom stereocenters. The summed E-state index contributed by atoms with van der Waals surface area (Å²) in [7, 11) is 0. The van der Waals surface area contributed by atoms with Crippen molar-refractivity contribution >= 4 is 56.5 Å². The van der Waals surface area contributed by atoms with Crippen molar-refractivity contribution in [1.82, 2.24) is 4.68 Å². The average Bonchev–Trinajstić information content (AvgIpc) is 3.27. The molecule has 2 aromatic heterocycles. The number of hydrogen-bond donors (Lipinski definition) is 2. The van der Waals surface area contributed by atoms with E-state index < -0.39 is 5.97 Å². The van der Waals surface area contributed by atoms with Crippen molar-refractivity contribution in [3.05, 3.63) is 80.8 Å². The number of rotatable bonds is 6. The lowest BCUT2D eigenvalue weighted by Gasteiger charge is -2.15. The number of carbonyl (C=O) groups excluding carboxylic acids is 1. The number of fused-ring (bicyclic) bond motifs is 1. The lowest BCUT2D eigenvalue weighted by Crippen LogP contribution is -2.25. The van der Waals surface area contributed by atoms with Gasteiger partial charge in [-0.05, 0) is 31.2 Å². The summed E-state index contributed by atoms with van der Waals surface area (Å²) in [6.07, 6.45) is 0.229. The van der Waals surface area contributed by atoms with Crippen molar-refractivity contribution in [3.8, 4) is 11.3 Å². The van der Waals surface area contributed by atoms with Crippen LogP contribution in [-0.2, 0) is 11.2 Å². The topological polar surface area (TPSA) is 71.3 Å². The van der Waals surface area contributed by atoms with Crippen LogP contribution in [-0.4, -0.2) is 21.7 Å². The van der Waals surface area contributed by atoms with Crippen LogP contribution < -0.4 is 5.43 Å². The van der Waals surface area contributed by atoms with E-state index in [1.54, 1.807) is 22.9 Å². The number of halogens is 2. The Hall–Kier alpha value is -2.80. The van der Waals surface area contributed by atoms with Crippen LogP contribution in [0.1, 0.15) is 27.3 Å². The predicted molar refractivity (Wildman–Crippen MR) is 126 cm³/mol. The summed E-state index contributed by atoms with van der Waals surface area (Å²) in [4.78, 5) is 24.6. The molecule has 31 heavy (non-hydrogen) atoms. The standard InChI is InChI=1S/C23H18Cl2N2O3S/c1-13-2-4-14(5-3-13)18-10-7-16(8-11-20(28)29)27(18)26-23(30)22-21(25)17-9-6-15(24)12-19(17)31-22/h2-7,9-10,12H,8,11H2,1H3,(H,26,30)(H,28,29). The maximum Gasteiger partial charge on any atom is 0.303 e. The highest BCUT2D eigenvalue weighted by Gasteiger charge is 2.20. The largest absolute Gasteiger partial charge is 0.481 e. The van der Waals surface area contributed by atoms with Crippen molar-refractivity contribution in [2.75, 3.05) is 5.43 Å². The number of thiophene rings is 1. The number of carbonyl (C=O) groups is 2. The van der Waals surface area contributed by atoms with Crippen LogP contribution >= 0.6 is 34.5 Å². The minimum absolute atomic E-state index is 0.0463.